The van der Waals surface area contributed by atoms with Crippen molar-refractivity contribution in [1.82, 2.24) is 14.9 Å². The summed E-state index contributed by atoms with van der Waals surface area (Å²) in [6, 6.07) is 4.54. The molecular weight excluding hydrogens is 342 g/mol. The number of ether oxygens (including phenoxy) is 1. The number of fused-ring (bicyclic) bond motifs is 3. The third-order valence-corrected chi connectivity index (χ3v) is 5.76. The maximum absolute atomic E-state index is 12.6. The monoisotopic (exact) mass is 367 g/mol. The van der Waals surface area contributed by atoms with Gasteiger partial charge in [0, 0.05) is 37.5 Å². The maximum atomic E-state index is 12.6. The molecular formula is C20H25N5O2. The maximum Gasteiger partial charge on any atom is 0.258 e. The lowest BCUT2D eigenvalue weighted by atomic mass is 9.85. The Hall–Kier alpha value is -2.59. The van der Waals surface area contributed by atoms with Crippen molar-refractivity contribution in [3.05, 3.63) is 24.0 Å². The number of rotatable bonds is 5. The molecule has 1 amide bonds. The van der Waals surface area contributed by atoms with Crippen molar-refractivity contribution in [2.75, 3.05) is 31.8 Å². The van der Waals surface area contributed by atoms with E-state index in [9.17, 15) is 4.79 Å². The lowest BCUT2D eigenvalue weighted by molar-refractivity contribution is 0.0755. The summed E-state index contributed by atoms with van der Waals surface area (Å²) >= 11 is 0. The molecule has 27 heavy (non-hydrogen) atoms. The van der Waals surface area contributed by atoms with Crippen LogP contribution in [0.1, 0.15) is 42.5 Å². The molecule has 7 nitrogen and oxygen atoms in total. The van der Waals surface area contributed by atoms with Crippen LogP contribution in [-0.4, -0.2) is 53.7 Å². The number of nitriles is 1. The van der Waals surface area contributed by atoms with Crippen LogP contribution in [-0.2, 0) is 4.74 Å². The minimum atomic E-state index is 0.0384. The van der Waals surface area contributed by atoms with Gasteiger partial charge >= 0.3 is 0 Å². The first-order valence-corrected chi connectivity index (χ1v) is 9.62. The number of H-pyrrole nitrogens is 1. The van der Waals surface area contributed by atoms with Gasteiger partial charge in [0.15, 0.2) is 0 Å². The van der Waals surface area contributed by atoms with Gasteiger partial charge in [0.25, 0.3) is 5.91 Å². The van der Waals surface area contributed by atoms with Gasteiger partial charge in [-0.25, -0.2) is 4.98 Å². The van der Waals surface area contributed by atoms with E-state index in [-0.39, 0.29) is 5.91 Å². The zero-order valence-electron chi connectivity index (χ0n) is 15.6. The zero-order chi connectivity index (χ0) is 18.8. The number of aromatic nitrogens is 2. The smallest absolute Gasteiger partial charge is 0.258 e. The van der Waals surface area contributed by atoms with Crippen LogP contribution in [0, 0.1) is 17.2 Å². The van der Waals surface area contributed by atoms with Crippen LogP contribution in [0.2, 0.25) is 0 Å². The van der Waals surface area contributed by atoms with E-state index in [1.54, 1.807) is 11.1 Å². The van der Waals surface area contributed by atoms with Gasteiger partial charge in [0.2, 0.25) is 0 Å². The van der Waals surface area contributed by atoms with Crippen molar-refractivity contribution >= 4 is 22.6 Å². The fourth-order valence-electron chi connectivity index (χ4n) is 4.32. The number of amides is 1. The number of aromatic amines is 1. The lowest BCUT2D eigenvalue weighted by Gasteiger charge is -2.43. The molecule has 1 N–H and O–H groups in total. The van der Waals surface area contributed by atoms with E-state index in [2.05, 4.69) is 20.9 Å². The normalized spacial score (nSPS) is 22.7. The van der Waals surface area contributed by atoms with Crippen LogP contribution in [0.15, 0.2) is 18.5 Å². The highest BCUT2D eigenvalue weighted by Crippen LogP contribution is 2.38. The zero-order valence-corrected chi connectivity index (χ0v) is 15.6. The number of nitrogens with one attached hydrogen (secondary N) is 1. The van der Waals surface area contributed by atoms with Crippen LogP contribution in [0.3, 0.4) is 0 Å². The first-order valence-electron chi connectivity index (χ1n) is 9.62. The molecule has 0 atom stereocenters. The fraction of sp³-hybridized carbons (Fsp3) is 0.550. The molecule has 1 aliphatic carbocycles. The second-order valence-electron chi connectivity index (χ2n) is 7.53. The van der Waals surface area contributed by atoms with E-state index in [4.69, 9.17) is 10.00 Å². The van der Waals surface area contributed by atoms with Gasteiger partial charge in [-0.05, 0) is 37.7 Å². The molecule has 1 fully saturated rings. The summed E-state index contributed by atoms with van der Waals surface area (Å²) in [7, 11) is 1.86. The molecule has 0 unspecified atom stereocenters. The summed E-state index contributed by atoms with van der Waals surface area (Å²) in [6.07, 6.45) is 8.44. The topological polar surface area (TPSA) is 85.2 Å². The molecule has 2 aromatic heterocycles. The molecule has 0 spiro atoms. The van der Waals surface area contributed by atoms with Crippen LogP contribution in [0.25, 0.3) is 11.0 Å². The average Bonchev–Trinajstić information content (AvgIpc) is 3.17. The van der Waals surface area contributed by atoms with Gasteiger partial charge in [-0.1, -0.05) is 0 Å². The minimum absolute atomic E-state index is 0.0384. The Labute approximate surface area is 158 Å². The molecule has 2 aromatic rings. The third-order valence-electron chi connectivity index (χ3n) is 5.76. The third kappa shape index (κ3) is 3.37. The molecule has 0 radical (unpaired) electrons. The van der Waals surface area contributed by atoms with Crippen molar-refractivity contribution in [1.29, 1.82) is 5.26 Å². The van der Waals surface area contributed by atoms with Gasteiger partial charge in [-0.15, -0.1) is 0 Å². The molecule has 0 saturated heterocycles. The predicted octanol–water partition coefficient (Wildman–Crippen LogP) is 2.90. The highest BCUT2D eigenvalue weighted by molar-refractivity contribution is 6.08. The van der Waals surface area contributed by atoms with Crippen LogP contribution >= 0.6 is 0 Å². The van der Waals surface area contributed by atoms with Gasteiger partial charge in [-0.3, -0.25) is 4.79 Å². The standard InChI is InChI=1S/C20H25N5O2/c1-24-13-25(15-5-3-14(4-6-15)12-27-10-2-8-21)18-16-7-9-22-19(16)23-11-17(18)20(24)26/h7,9,11,14-15H,2-6,10,12-13H2,1H3,(H,22,23). The second-order valence-corrected chi connectivity index (χ2v) is 7.53. The first kappa shape index (κ1) is 17.8. The van der Waals surface area contributed by atoms with Crippen LogP contribution < -0.4 is 4.90 Å². The SMILES string of the molecule is CN1CN(C2CCC(COCCC#N)CC2)c2c(cnc3[nH]ccc23)C1=O. The van der Waals surface area contributed by atoms with Gasteiger partial charge < -0.3 is 19.5 Å². The number of hydrogen-bond acceptors (Lipinski definition) is 5. The Balaban J connectivity index is 1.50. The van der Waals surface area contributed by atoms with Crippen molar-refractivity contribution < 1.29 is 9.53 Å². The summed E-state index contributed by atoms with van der Waals surface area (Å²) in [5.41, 5.74) is 2.55. The number of hydrogen-bond donors (Lipinski definition) is 1. The van der Waals surface area contributed by atoms with Crippen LogP contribution in [0.4, 0.5) is 5.69 Å². The summed E-state index contributed by atoms with van der Waals surface area (Å²) in [5, 5.41) is 9.62. The summed E-state index contributed by atoms with van der Waals surface area (Å²) in [4.78, 5) is 24.4. The molecule has 4 rings (SSSR count). The summed E-state index contributed by atoms with van der Waals surface area (Å²) in [6.45, 7) is 1.89. The van der Waals surface area contributed by atoms with E-state index in [0.717, 1.165) is 49.0 Å². The Morgan fingerprint density at radius 3 is 2.96 bits per heavy atom. The van der Waals surface area contributed by atoms with Gasteiger partial charge in [0.05, 0.1) is 37.0 Å². The Kier molecular flexibility index (Phi) is 4.99. The van der Waals surface area contributed by atoms with E-state index < -0.39 is 0 Å². The molecule has 7 heteroatoms. The molecule has 142 valence electrons. The van der Waals surface area contributed by atoms with E-state index in [0.29, 0.717) is 37.2 Å². The molecule has 1 saturated carbocycles. The molecule has 3 heterocycles. The second kappa shape index (κ2) is 7.57. The molecule has 2 aliphatic rings. The van der Waals surface area contributed by atoms with E-state index in [1.165, 1.54) is 0 Å². The van der Waals surface area contributed by atoms with Crippen molar-refractivity contribution in [2.45, 2.75) is 38.1 Å². The van der Waals surface area contributed by atoms with E-state index >= 15 is 0 Å². The summed E-state index contributed by atoms with van der Waals surface area (Å²) in [5.74, 6) is 0.602. The van der Waals surface area contributed by atoms with Gasteiger partial charge in [0.1, 0.15) is 5.65 Å². The van der Waals surface area contributed by atoms with Gasteiger partial charge in [-0.2, -0.15) is 5.26 Å². The number of pyridine rings is 1. The molecule has 0 aromatic carbocycles. The largest absolute Gasteiger partial charge is 0.380 e. The summed E-state index contributed by atoms with van der Waals surface area (Å²) < 4.78 is 5.63. The highest BCUT2D eigenvalue weighted by Gasteiger charge is 2.35. The predicted molar refractivity (Wildman–Crippen MR) is 102 cm³/mol. The number of carbonyl (C=O) groups excluding carboxylic acids is 1. The Morgan fingerprint density at radius 1 is 1.37 bits per heavy atom. The Bertz CT molecular complexity index is 863. The van der Waals surface area contributed by atoms with Crippen molar-refractivity contribution in [2.24, 2.45) is 5.92 Å². The Morgan fingerprint density at radius 2 is 2.19 bits per heavy atom. The molecule has 0 bridgehead atoms. The average molecular weight is 367 g/mol. The number of anilines is 1. The first-order chi connectivity index (χ1) is 13.2. The minimum Gasteiger partial charge on any atom is -0.380 e. The quantitative estimate of drug-likeness (QED) is 0.821. The lowest BCUT2D eigenvalue weighted by Crippen LogP contribution is -2.50. The number of carbonyl (C=O) groups is 1. The fourth-order valence-corrected chi connectivity index (χ4v) is 4.32. The van der Waals surface area contributed by atoms with Crippen LogP contribution in [0.5, 0.6) is 0 Å². The van der Waals surface area contributed by atoms with Crippen molar-refractivity contribution in [3.8, 4) is 6.07 Å². The van der Waals surface area contributed by atoms with E-state index in [1.807, 2.05) is 19.3 Å². The van der Waals surface area contributed by atoms with Crippen molar-refractivity contribution in [3.63, 3.8) is 0 Å². The molecule has 1 aliphatic heterocycles. The number of nitrogens with zero attached hydrogens (tertiary/aromatic N) is 4. The highest BCUT2D eigenvalue weighted by atomic mass is 16.5.